The number of amides is 1. The van der Waals surface area contributed by atoms with Crippen LogP contribution in [-0.4, -0.2) is 30.8 Å². The van der Waals surface area contributed by atoms with E-state index in [1.807, 2.05) is 4.57 Å². The van der Waals surface area contributed by atoms with Crippen molar-refractivity contribution >= 4 is 17.7 Å². The largest absolute Gasteiger partial charge is 0.370 e. The third kappa shape index (κ3) is 4.34. The predicted molar refractivity (Wildman–Crippen MR) is 88.2 cm³/mol. The maximum atomic E-state index is 11.1. The first-order chi connectivity index (χ1) is 11.5. The fraction of sp³-hybridized carbons (Fsp3) is 0.667. The maximum absolute atomic E-state index is 11.1. The summed E-state index contributed by atoms with van der Waals surface area (Å²) >= 11 is 1.49. The van der Waals surface area contributed by atoms with E-state index in [2.05, 4.69) is 34.2 Å². The molecular weight excluding hydrogens is 328 g/mol. The second-order valence-corrected chi connectivity index (χ2v) is 7.42. The molecule has 0 saturated heterocycles. The molecule has 9 heteroatoms. The van der Waals surface area contributed by atoms with Gasteiger partial charge in [0.1, 0.15) is 5.82 Å². The molecule has 2 heterocycles. The van der Waals surface area contributed by atoms with Crippen molar-refractivity contribution in [3.05, 3.63) is 17.5 Å². The van der Waals surface area contributed by atoms with Crippen molar-refractivity contribution in [2.45, 2.75) is 62.9 Å². The van der Waals surface area contributed by atoms with Crippen molar-refractivity contribution < 1.29 is 9.32 Å². The van der Waals surface area contributed by atoms with E-state index in [-0.39, 0.29) is 12.3 Å². The zero-order valence-corrected chi connectivity index (χ0v) is 14.8. The SMILES string of the molecule is CC(C)Cc1noc(CSc2nnc(C3CC3)n2CCC(N)=O)n1. The molecule has 3 rings (SSSR count). The van der Waals surface area contributed by atoms with Gasteiger partial charge in [-0.05, 0) is 18.8 Å². The van der Waals surface area contributed by atoms with Gasteiger partial charge in [0, 0.05) is 25.3 Å². The summed E-state index contributed by atoms with van der Waals surface area (Å²) in [7, 11) is 0. The zero-order chi connectivity index (χ0) is 17.1. The van der Waals surface area contributed by atoms with E-state index in [1.165, 1.54) is 11.8 Å². The number of thioether (sulfide) groups is 1. The number of rotatable bonds is 9. The normalized spacial score (nSPS) is 14.5. The van der Waals surface area contributed by atoms with Gasteiger partial charge in [-0.2, -0.15) is 4.98 Å². The van der Waals surface area contributed by atoms with E-state index in [4.69, 9.17) is 10.3 Å². The van der Waals surface area contributed by atoms with Crippen molar-refractivity contribution in [1.82, 2.24) is 24.9 Å². The molecule has 8 nitrogen and oxygen atoms in total. The summed E-state index contributed by atoms with van der Waals surface area (Å²) in [6.07, 6.45) is 3.34. The number of hydrogen-bond donors (Lipinski definition) is 1. The lowest BCUT2D eigenvalue weighted by atomic mass is 10.1. The molecule has 2 aromatic heterocycles. The highest BCUT2D eigenvalue weighted by atomic mass is 32.2. The van der Waals surface area contributed by atoms with Crippen LogP contribution in [0.2, 0.25) is 0 Å². The van der Waals surface area contributed by atoms with Crippen molar-refractivity contribution in [3.8, 4) is 0 Å². The smallest absolute Gasteiger partial charge is 0.237 e. The summed E-state index contributed by atoms with van der Waals surface area (Å²) in [5.41, 5.74) is 5.28. The van der Waals surface area contributed by atoms with Gasteiger partial charge in [0.05, 0.1) is 5.75 Å². The highest BCUT2D eigenvalue weighted by Gasteiger charge is 2.30. The second-order valence-electron chi connectivity index (χ2n) is 6.47. The van der Waals surface area contributed by atoms with Crippen molar-refractivity contribution in [2.24, 2.45) is 11.7 Å². The minimum atomic E-state index is -0.323. The Morgan fingerprint density at radius 2 is 2.21 bits per heavy atom. The number of primary amides is 1. The summed E-state index contributed by atoms with van der Waals surface area (Å²) in [4.78, 5) is 15.5. The zero-order valence-electron chi connectivity index (χ0n) is 13.9. The first-order valence-electron chi connectivity index (χ1n) is 8.18. The van der Waals surface area contributed by atoms with E-state index in [9.17, 15) is 4.79 Å². The van der Waals surface area contributed by atoms with Gasteiger partial charge in [0.25, 0.3) is 0 Å². The van der Waals surface area contributed by atoms with Gasteiger partial charge in [0.2, 0.25) is 11.8 Å². The van der Waals surface area contributed by atoms with Crippen LogP contribution < -0.4 is 5.73 Å². The molecule has 0 bridgehead atoms. The van der Waals surface area contributed by atoms with Crippen LogP contribution in [0.3, 0.4) is 0 Å². The summed E-state index contributed by atoms with van der Waals surface area (Å²) in [5, 5.41) is 13.3. The molecule has 0 unspecified atom stereocenters. The summed E-state index contributed by atoms with van der Waals surface area (Å²) in [5.74, 6) is 3.41. The van der Waals surface area contributed by atoms with Gasteiger partial charge in [0.15, 0.2) is 11.0 Å². The third-order valence-corrected chi connectivity index (χ3v) is 4.65. The second kappa shape index (κ2) is 7.33. The molecule has 24 heavy (non-hydrogen) atoms. The molecule has 1 amide bonds. The molecule has 0 aliphatic heterocycles. The molecule has 1 aliphatic carbocycles. The third-order valence-electron chi connectivity index (χ3n) is 3.70. The fourth-order valence-electron chi connectivity index (χ4n) is 2.41. The molecule has 1 saturated carbocycles. The fourth-order valence-corrected chi connectivity index (χ4v) is 3.21. The Labute approximate surface area is 144 Å². The molecule has 0 spiro atoms. The topological polar surface area (TPSA) is 113 Å². The van der Waals surface area contributed by atoms with Gasteiger partial charge in [-0.3, -0.25) is 4.79 Å². The Morgan fingerprint density at radius 3 is 2.88 bits per heavy atom. The van der Waals surface area contributed by atoms with Crippen LogP contribution in [-0.2, 0) is 23.5 Å². The quantitative estimate of drug-likeness (QED) is 0.687. The van der Waals surface area contributed by atoms with E-state index >= 15 is 0 Å². The predicted octanol–water partition coefficient (Wildman–Crippen LogP) is 1.90. The Hall–Kier alpha value is -1.90. The number of carbonyl (C=O) groups is 1. The molecule has 0 aromatic carbocycles. The summed E-state index contributed by atoms with van der Waals surface area (Å²) < 4.78 is 7.28. The van der Waals surface area contributed by atoms with Crippen LogP contribution in [0.25, 0.3) is 0 Å². The number of aromatic nitrogens is 5. The molecule has 0 radical (unpaired) electrons. The van der Waals surface area contributed by atoms with Crippen LogP contribution in [0, 0.1) is 5.92 Å². The van der Waals surface area contributed by atoms with Crippen molar-refractivity contribution in [1.29, 1.82) is 0 Å². The average Bonchev–Trinajstić information content (AvgIpc) is 3.13. The Balaban J connectivity index is 1.65. The highest BCUT2D eigenvalue weighted by molar-refractivity contribution is 7.98. The lowest BCUT2D eigenvalue weighted by Gasteiger charge is -2.07. The van der Waals surface area contributed by atoms with E-state index < -0.39 is 0 Å². The Bertz CT molecular complexity index is 707. The van der Waals surface area contributed by atoms with Crippen LogP contribution in [0.4, 0.5) is 0 Å². The van der Waals surface area contributed by atoms with Gasteiger partial charge in [-0.15, -0.1) is 10.2 Å². The van der Waals surface area contributed by atoms with Crippen molar-refractivity contribution in [2.75, 3.05) is 0 Å². The summed E-state index contributed by atoms with van der Waals surface area (Å²) in [6, 6.07) is 0. The molecule has 2 N–H and O–H groups in total. The maximum Gasteiger partial charge on any atom is 0.237 e. The number of nitrogens with zero attached hydrogens (tertiary/aromatic N) is 5. The lowest BCUT2D eigenvalue weighted by molar-refractivity contribution is -0.118. The van der Waals surface area contributed by atoms with Crippen LogP contribution >= 0.6 is 11.8 Å². The average molecular weight is 350 g/mol. The van der Waals surface area contributed by atoms with Gasteiger partial charge in [-0.1, -0.05) is 30.8 Å². The first kappa shape index (κ1) is 16.9. The molecule has 2 aromatic rings. The molecular formula is C15H22N6O2S. The monoisotopic (exact) mass is 350 g/mol. The molecule has 0 atom stereocenters. The minimum Gasteiger partial charge on any atom is -0.370 e. The molecule has 130 valence electrons. The van der Waals surface area contributed by atoms with E-state index in [0.29, 0.717) is 30.0 Å². The number of hydrogen-bond acceptors (Lipinski definition) is 7. The van der Waals surface area contributed by atoms with Gasteiger partial charge >= 0.3 is 0 Å². The van der Waals surface area contributed by atoms with Crippen LogP contribution in [0.1, 0.15) is 56.6 Å². The summed E-state index contributed by atoms with van der Waals surface area (Å²) in [6.45, 7) is 4.75. The standard InChI is InChI=1S/C15H22N6O2S/c1-9(2)7-12-17-13(23-20-12)8-24-15-19-18-14(10-3-4-10)21(15)6-5-11(16)22/h9-10H,3-8H2,1-2H3,(H2,16,22). The minimum absolute atomic E-state index is 0.282. The Morgan fingerprint density at radius 1 is 1.42 bits per heavy atom. The highest BCUT2D eigenvalue weighted by Crippen LogP contribution is 2.40. The van der Waals surface area contributed by atoms with Crippen molar-refractivity contribution in [3.63, 3.8) is 0 Å². The van der Waals surface area contributed by atoms with Crippen LogP contribution in [0.15, 0.2) is 9.68 Å². The van der Waals surface area contributed by atoms with E-state index in [1.54, 1.807) is 0 Å². The van der Waals surface area contributed by atoms with Gasteiger partial charge < -0.3 is 14.8 Å². The molecule has 1 fully saturated rings. The van der Waals surface area contributed by atoms with Gasteiger partial charge in [-0.25, -0.2) is 0 Å². The number of carbonyl (C=O) groups excluding carboxylic acids is 1. The first-order valence-corrected chi connectivity index (χ1v) is 9.17. The van der Waals surface area contributed by atoms with E-state index in [0.717, 1.165) is 36.1 Å². The lowest BCUT2D eigenvalue weighted by Crippen LogP contribution is -2.15. The molecule has 1 aliphatic rings. The Kier molecular flexibility index (Phi) is 5.17. The van der Waals surface area contributed by atoms with Crippen LogP contribution in [0.5, 0.6) is 0 Å². The number of nitrogens with two attached hydrogens (primary N) is 1.